The fourth-order valence-corrected chi connectivity index (χ4v) is 8.06. The summed E-state index contributed by atoms with van der Waals surface area (Å²) in [6, 6.07) is 67.2. The zero-order valence-electron chi connectivity index (χ0n) is 30.2. The lowest BCUT2D eigenvalue weighted by atomic mass is 10.1. The van der Waals surface area contributed by atoms with Gasteiger partial charge in [0.15, 0.2) is 11.6 Å². The molecule has 0 aliphatic heterocycles. The Morgan fingerprint density at radius 1 is 0.321 bits per heavy atom. The van der Waals surface area contributed by atoms with Gasteiger partial charge in [-0.25, -0.2) is 9.97 Å². The van der Waals surface area contributed by atoms with Crippen LogP contribution in [0, 0.1) is 0 Å². The minimum Gasteiger partial charge on any atom is -0.309 e. The van der Waals surface area contributed by atoms with Crippen LogP contribution in [0.2, 0.25) is 0 Å². The highest BCUT2D eigenvalue weighted by Crippen LogP contribution is 2.42. The first-order valence-corrected chi connectivity index (χ1v) is 18.7. The number of hydrogen-bond acceptors (Lipinski definition) is 4. The highest BCUT2D eigenvalue weighted by Gasteiger charge is 2.23. The van der Waals surface area contributed by atoms with Gasteiger partial charge in [0, 0.05) is 49.5 Å². The maximum absolute atomic E-state index is 5.29. The molecule has 11 rings (SSSR count). The second-order valence-corrected chi connectivity index (χ2v) is 13.9. The minimum atomic E-state index is 0.552. The smallest absolute Gasteiger partial charge is 0.238 e. The summed E-state index contributed by atoms with van der Waals surface area (Å²) in [5.74, 6) is 1.74. The third-order valence-corrected chi connectivity index (χ3v) is 10.6. The van der Waals surface area contributed by atoms with Gasteiger partial charge in [-0.1, -0.05) is 146 Å². The van der Waals surface area contributed by atoms with Crippen LogP contribution in [0.25, 0.3) is 101 Å². The van der Waals surface area contributed by atoms with Gasteiger partial charge < -0.3 is 4.57 Å². The van der Waals surface area contributed by atoms with E-state index in [-0.39, 0.29) is 0 Å². The van der Waals surface area contributed by atoms with Crippen molar-refractivity contribution in [1.29, 1.82) is 0 Å². The summed E-state index contributed by atoms with van der Waals surface area (Å²) in [4.78, 5) is 20.7. The van der Waals surface area contributed by atoms with Crippen molar-refractivity contribution in [2.75, 3.05) is 0 Å². The van der Waals surface area contributed by atoms with Gasteiger partial charge in [-0.2, -0.15) is 9.97 Å². The van der Waals surface area contributed by atoms with E-state index in [1.807, 2.05) is 66.7 Å². The maximum Gasteiger partial charge on any atom is 0.238 e. The topological polar surface area (TPSA) is 61.4 Å². The zero-order valence-corrected chi connectivity index (χ0v) is 30.2. The Hall–Kier alpha value is -7.70. The first kappa shape index (κ1) is 31.8. The van der Waals surface area contributed by atoms with E-state index in [4.69, 9.17) is 19.9 Å². The van der Waals surface area contributed by atoms with Crippen LogP contribution < -0.4 is 0 Å². The van der Waals surface area contributed by atoms with Crippen molar-refractivity contribution in [1.82, 2.24) is 29.1 Å². The summed E-state index contributed by atoms with van der Waals surface area (Å²) in [5.41, 5.74) is 11.1. The summed E-state index contributed by atoms with van der Waals surface area (Å²) in [6.07, 6.45) is 0. The zero-order chi connectivity index (χ0) is 37.0. The van der Waals surface area contributed by atoms with E-state index in [2.05, 4.69) is 137 Å². The molecule has 7 aromatic carbocycles. The molecule has 0 aliphatic carbocycles. The van der Waals surface area contributed by atoms with Crippen LogP contribution in [0.3, 0.4) is 0 Å². The monoisotopic (exact) mass is 716 g/mol. The first-order valence-electron chi connectivity index (χ1n) is 18.7. The maximum atomic E-state index is 5.29. The van der Waals surface area contributed by atoms with Crippen molar-refractivity contribution >= 4 is 43.6 Å². The number of aromatic nitrogens is 6. The molecule has 11 aromatic rings. The van der Waals surface area contributed by atoms with Crippen LogP contribution in [-0.4, -0.2) is 29.1 Å². The molecule has 4 aromatic heterocycles. The van der Waals surface area contributed by atoms with Crippen molar-refractivity contribution < 1.29 is 0 Å². The summed E-state index contributed by atoms with van der Waals surface area (Å²) in [5, 5.41) is 4.68. The second kappa shape index (κ2) is 13.0. The van der Waals surface area contributed by atoms with E-state index in [1.165, 1.54) is 10.8 Å². The largest absolute Gasteiger partial charge is 0.309 e. The van der Waals surface area contributed by atoms with Crippen LogP contribution in [0.5, 0.6) is 0 Å². The fraction of sp³-hybridized carbons (Fsp3) is 0. The van der Waals surface area contributed by atoms with Crippen LogP contribution in [-0.2, 0) is 0 Å². The molecule has 0 saturated carbocycles. The molecule has 56 heavy (non-hydrogen) atoms. The van der Waals surface area contributed by atoms with Gasteiger partial charge in [0.1, 0.15) is 0 Å². The average Bonchev–Trinajstić information content (AvgIpc) is 3.80. The average molecular weight is 717 g/mol. The number of pyridine rings is 1. The van der Waals surface area contributed by atoms with Crippen LogP contribution >= 0.6 is 0 Å². The molecule has 0 N–H and O–H groups in total. The Kier molecular flexibility index (Phi) is 7.38. The molecule has 0 atom stereocenters. The molecular formula is C50H32N6. The molecule has 0 fully saturated rings. The van der Waals surface area contributed by atoms with E-state index in [1.54, 1.807) is 0 Å². The lowest BCUT2D eigenvalue weighted by molar-refractivity contribution is 0.953. The first-order chi connectivity index (χ1) is 27.8. The van der Waals surface area contributed by atoms with Gasteiger partial charge in [-0.05, 0) is 48.5 Å². The molecule has 0 unspecified atom stereocenters. The van der Waals surface area contributed by atoms with Gasteiger partial charge in [0.2, 0.25) is 5.95 Å². The minimum absolute atomic E-state index is 0.552. The molecule has 0 amide bonds. The number of para-hydroxylation sites is 3. The van der Waals surface area contributed by atoms with E-state index < -0.39 is 0 Å². The normalized spacial score (nSPS) is 11.6. The van der Waals surface area contributed by atoms with Crippen molar-refractivity contribution in [3.63, 3.8) is 0 Å². The number of benzene rings is 7. The molecule has 0 saturated heterocycles. The summed E-state index contributed by atoms with van der Waals surface area (Å²) in [6.45, 7) is 0. The Labute approximate surface area is 322 Å². The third kappa shape index (κ3) is 5.19. The Bertz CT molecular complexity index is 3240. The molecule has 0 spiro atoms. The Morgan fingerprint density at radius 2 is 0.875 bits per heavy atom. The quantitative estimate of drug-likeness (QED) is 0.172. The third-order valence-electron chi connectivity index (χ3n) is 10.6. The van der Waals surface area contributed by atoms with Gasteiger partial charge in [-0.3, -0.25) is 4.57 Å². The standard InChI is InChI=1S/C50H32N6/c1-4-16-33(17-5-1)41-26-15-27-42(51-41)35-20-14-21-36(32-35)49-52-48(34-18-6-2-7-19-34)53-50(54-49)56-44-29-13-11-25-40(44)46-45(56)31-30-39-38-24-10-12-28-43(38)55(47(39)46)37-22-8-3-9-23-37/h1-32H. The summed E-state index contributed by atoms with van der Waals surface area (Å²) in [7, 11) is 0. The molecule has 6 nitrogen and oxygen atoms in total. The van der Waals surface area contributed by atoms with Gasteiger partial charge >= 0.3 is 0 Å². The Balaban J connectivity index is 1.16. The summed E-state index contributed by atoms with van der Waals surface area (Å²) < 4.78 is 4.59. The van der Waals surface area contributed by atoms with Crippen LogP contribution in [0.1, 0.15) is 0 Å². The molecule has 0 aliphatic rings. The number of hydrogen-bond donors (Lipinski definition) is 0. The van der Waals surface area contributed by atoms with Crippen molar-refractivity contribution in [3.8, 4) is 56.9 Å². The number of fused-ring (bicyclic) bond motifs is 7. The molecular weight excluding hydrogens is 685 g/mol. The molecule has 0 bridgehead atoms. The van der Waals surface area contributed by atoms with Crippen LogP contribution in [0.4, 0.5) is 0 Å². The Morgan fingerprint density at radius 3 is 1.62 bits per heavy atom. The van der Waals surface area contributed by atoms with Gasteiger partial charge in [0.25, 0.3) is 0 Å². The van der Waals surface area contributed by atoms with E-state index in [0.717, 1.165) is 72.2 Å². The predicted molar refractivity (Wildman–Crippen MR) is 228 cm³/mol. The second-order valence-electron chi connectivity index (χ2n) is 13.9. The van der Waals surface area contributed by atoms with Crippen LogP contribution in [0.15, 0.2) is 194 Å². The van der Waals surface area contributed by atoms with E-state index in [9.17, 15) is 0 Å². The molecule has 0 radical (unpaired) electrons. The lowest BCUT2D eigenvalue weighted by Gasteiger charge is -2.12. The fourth-order valence-electron chi connectivity index (χ4n) is 8.06. The number of rotatable bonds is 6. The summed E-state index contributed by atoms with van der Waals surface area (Å²) >= 11 is 0. The lowest BCUT2D eigenvalue weighted by Crippen LogP contribution is -2.06. The molecule has 262 valence electrons. The SMILES string of the molecule is c1ccc(-c2cccc(-c3cccc(-c4nc(-c5ccccc5)nc(-n5c6ccccc6c6c5ccc5c7ccccc7n(-c7ccccc7)c56)n4)c3)n2)cc1. The van der Waals surface area contributed by atoms with Gasteiger partial charge in [0.05, 0.1) is 33.5 Å². The van der Waals surface area contributed by atoms with E-state index in [0.29, 0.717) is 17.6 Å². The highest BCUT2D eigenvalue weighted by molar-refractivity contribution is 6.26. The van der Waals surface area contributed by atoms with Crippen molar-refractivity contribution in [3.05, 3.63) is 194 Å². The van der Waals surface area contributed by atoms with E-state index >= 15 is 0 Å². The van der Waals surface area contributed by atoms with Crippen molar-refractivity contribution in [2.45, 2.75) is 0 Å². The highest BCUT2D eigenvalue weighted by atomic mass is 15.2. The molecule has 6 heteroatoms. The van der Waals surface area contributed by atoms with Gasteiger partial charge in [-0.15, -0.1) is 0 Å². The molecule has 4 heterocycles. The number of nitrogens with zero attached hydrogens (tertiary/aromatic N) is 6. The predicted octanol–water partition coefficient (Wildman–Crippen LogP) is 12.1. The van der Waals surface area contributed by atoms with Crippen molar-refractivity contribution in [2.24, 2.45) is 0 Å².